The molecule has 0 spiro atoms. The highest BCUT2D eigenvalue weighted by Gasteiger charge is 2.21. The van der Waals surface area contributed by atoms with E-state index in [9.17, 15) is 0 Å². The Morgan fingerprint density at radius 1 is 1.20 bits per heavy atom. The molecule has 1 fully saturated rings. The number of guanidine groups is 1. The number of aromatic nitrogens is 1. The summed E-state index contributed by atoms with van der Waals surface area (Å²) in [4.78, 5) is 9.68. The minimum Gasteiger partial charge on any atom is -0.497 e. The number of hydrogen-bond donors (Lipinski definition) is 1. The molecule has 0 bridgehead atoms. The van der Waals surface area contributed by atoms with Crippen molar-refractivity contribution in [1.82, 2.24) is 15.4 Å². The Morgan fingerprint density at radius 3 is 2.40 bits per heavy atom. The number of piperazine rings is 1. The fraction of sp³-hybridized carbons (Fsp3) is 0.545. The summed E-state index contributed by atoms with van der Waals surface area (Å²) in [6.07, 6.45) is 0. The fourth-order valence-electron chi connectivity index (χ4n) is 3.90. The van der Waals surface area contributed by atoms with Crippen LogP contribution in [-0.4, -0.2) is 62.4 Å². The van der Waals surface area contributed by atoms with Gasteiger partial charge in [-0.25, -0.2) is 0 Å². The van der Waals surface area contributed by atoms with E-state index in [-0.39, 0.29) is 29.9 Å². The van der Waals surface area contributed by atoms with E-state index in [1.54, 1.807) is 7.11 Å². The molecule has 1 saturated heterocycles. The predicted octanol–water partition coefficient (Wildman–Crippen LogP) is 3.81. The Morgan fingerprint density at radius 2 is 1.87 bits per heavy atom. The number of rotatable bonds is 6. The number of nitrogens with one attached hydrogen (secondary N) is 1. The molecule has 1 aromatic heterocycles. The van der Waals surface area contributed by atoms with E-state index in [1.165, 1.54) is 11.3 Å². The third kappa shape index (κ3) is 5.80. The second-order valence-corrected chi connectivity index (χ2v) is 7.51. The molecule has 1 unspecified atom stereocenters. The van der Waals surface area contributed by atoms with Crippen LogP contribution < -0.4 is 15.0 Å². The van der Waals surface area contributed by atoms with Crippen LogP contribution in [0.1, 0.15) is 36.8 Å². The van der Waals surface area contributed by atoms with Crippen LogP contribution in [0.2, 0.25) is 0 Å². The van der Waals surface area contributed by atoms with Gasteiger partial charge in [0.15, 0.2) is 5.96 Å². The maximum absolute atomic E-state index is 5.32. The van der Waals surface area contributed by atoms with Crippen LogP contribution in [0.15, 0.2) is 33.8 Å². The maximum atomic E-state index is 5.32. The number of hydrogen-bond acceptors (Lipinski definition) is 5. The number of ether oxygens (including phenoxy) is 1. The van der Waals surface area contributed by atoms with E-state index >= 15 is 0 Å². The number of halogens is 1. The van der Waals surface area contributed by atoms with Crippen LogP contribution in [0, 0.1) is 13.8 Å². The third-order valence-electron chi connectivity index (χ3n) is 5.45. The Balaban J connectivity index is 0.00000320. The number of aryl methyl sites for hydroxylation is 2. The van der Waals surface area contributed by atoms with Gasteiger partial charge in [-0.1, -0.05) is 12.1 Å². The molecule has 2 heterocycles. The van der Waals surface area contributed by atoms with Gasteiger partial charge in [-0.05, 0) is 45.0 Å². The minimum absolute atomic E-state index is 0. The van der Waals surface area contributed by atoms with Crippen molar-refractivity contribution in [2.75, 3.05) is 51.3 Å². The van der Waals surface area contributed by atoms with Gasteiger partial charge in [-0.3, -0.25) is 4.99 Å². The van der Waals surface area contributed by atoms with Crippen LogP contribution in [-0.2, 0) is 0 Å². The number of methoxy groups -OCH3 is 1. The quantitative estimate of drug-likeness (QED) is 0.350. The van der Waals surface area contributed by atoms with Crippen LogP contribution in [0.4, 0.5) is 5.69 Å². The van der Waals surface area contributed by atoms with Gasteiger partial charge in [-0.15, -0.1) is 24.0 Å². The molecule has 7 nitrogen and oxygen atoms in total. The summed E-state index contributed by atoms with van der Waals surface area (Å²) in [6, 6.07) is 8.28. The SMILES string of the molecule is CCNC(=NCC(C)c1c(C)noc1C)N1CCN(c2ccc(OC)cc2)CC1.I. The second-order valence-electron chi connectivity index (χ2n) is 7.51. The Kier molecular flexibility index (Phi) is 9.26. The van der Waals surface area contributed by atoms with Gasteiger partial charge >= 0.3 is 0 Å². The minimum atomic E-state index is 0. The van der Waals surface area contributed by atoms with E-state index in [0.717, 1.165) is 55.9 Å². The summed E-state index contributed by atoms with van der Waals surface area (Å²) >= 11 is 0. The number of benzene rings is 1. The molecule has 1 aliphatic rings. The smallest absolute Gasteiger partial charge is 0.194 e. The standard InChI is InChI=1S/C22H33N5O2.HI/c1-6-23-22(24-15-16(2)21-17(3)25-29-18(21)4)27-13-11-26(12-14-27)19-7-9-20(28-5)10-8-19;/h7-10,16H,6,11-15H2,1-5H3,(H,23,24);1H. The summed E-state index contributed by atoms with van der Waals surface area (Å²) in [7, 11) is 1.70. The maximum Gasteiger partial charge on any atom is 0.194 e. The highest BCUT2D eigenvalue weighted by atomic mass is 127. The van der Waals surface area contributed by atoms with Crippen LogP contribution in [0.3, 0.4) is 0 Å². The van der Waals surface area contributed by atoms with Crippen LogP contribution in [0.5, 0.6) is 5.75 Å². The average Bonchev–Trinajstić information content (AvgIpc) is 3.09. The van der Waals surface area contributed by atoms with Crippen molar-refractivity contribution >= 4 is 35.6 Å². The molecule has 30 heavy (non-hydrogen) atoms. The summed E-state index contributed by atoms with van der Waals surface area (Å²) in [5.41, 5.74) is 3.37. The molecular formula is C22H34IN5O2. The first-order valence-electron chi connectivity index (χ1n) is 10.4. The van der Waals surface area contributed by atoms with E-state index in [1.807, 2.05) is 26.0 Å². The molecule has 0 saturated carbocycles. The van der Waals surface area contributed by atoms with Crippen LogP contribution >= 0.6 is 24.0 Å². The molecule has 2 aromatic rings. The number of anilines is 1. The van der Waals surface area contributed by atoms with Crippen molar-refractivity contribution in [3.05, 3.63) is 41.3 Å². The summed E-state index contributed by atoms with van der Waals surface area (Å²) in [5, 5.41) is 7.53. The summed E-state index contributed by atoms with van der Waals surface area (Å²) in [5.74, 6) is 3.04. The monoisotopic (exact) mass is 527 g/mol. The first-order chi connectivity index (χ1) is 14.0. The molecule has 1 aromatic carbocycles. The zero-order valence-electron chi connectivity index (χ0n) is 18.6. The molecule has 1 atom stereocenters. The second kappa shape index (κ2) is 11.4. The molecule has 8 heteroatoms. The van der Waals surface area contributed by atoms with Crippen molar-refractivity contribution in [3.8, 4) is 5.75 Å². The highest BCUT2D eigenvalue weighted by molar-refractivity contribution is 14.0. The average molecular weight is 527 g/mol. The lowest BCUT2D eigenvalue weighted by molar-refractivity contribution is 0.372. The van der Waals surface area contributed by atoms with E-state index in [4.69, 9.17) is 14.3 Å². The molecule has 166 valence electrons. The molecular weight excluding hydrogens is 493 g/mol. The summed E-state index contributed by atoms with van der Waals surface area (Å²) in [6.45, 7) is 13.7. The van der Waals surface area contributed by atoms with E-state index in [2.05, 4.69) is 46.3 Å². The van der Waals surface area contributed by atoms with Gasteiger partial charge in [0.1, 0.15) is 11.5 Å². The Labute approximate surface area is 196 Å². The highest BCUT2D eigenvalue weighted by Crippen LogP contribution is 2.24. The van der Waals surface area contributed by atoms with Gasteiger partial charge in [0.2, 0.25) is 0 Å². The molecule has 0 amide bonds. The van der Waals surface area contributed by atoms with Gasteiger partial charge in [0.25, 0.3) is 0 Å². The largest absolute Gasteiger partial charge is 0.497 e. The normalized spacial score (nSPS) is 15.6. The number of nitrogens with zero attached hydrogens (tertiary/aromatic N) is 4. The van der Waals surface area contributed by atoms with Crippen molar-refractivity contribution in [1.29, 1.82) is 0 Å². The molecule has 0 aliphatic carbocycles. The van der Waals surface area contributed by atoms with Crippen molar-refractivity contribution in [3.63, 3.8) is 0 Å². The molecule has 1 aliphatic heterocycles. The summed E-state index contributed by atoms with van der Waals surface area (Å²) < 4.78 is 10.6. The van der Waals surface area contributed by atoms with E-state index < -0.39 is 0 Å². The Bertz CT molecular complexity index is 794. The first-order valence-corrected chi connectivity index (χ1v) is 10.4. The van der Waals surface area contributed by atoms with Crippen molar-refractivity contribution < 1.29 is 9.26 Å². The Hall–Kier alpha value is -1.97. The van der Waals surface area contributed by atoms with Crippen molar-refractivity contribution in [2.45, 2.75) is 33.6 Å². The van der Waals surface area contributed by atoms with Gasteiger partial charge in [0.05, 0.1) is 12.8 Å². The van der Waals surface area contributed by atoms with Gasteiger partial charge in [-0.2, -0.15) is 0 Å². The van der Waals surface area contributed by atoms with Gasteiger partial charge in [0, 0.05) is 56.4 Å². The zero-order valence-corrected chi connectivity index (χ0v) is 21.0. The fourth-order valence-corrected chi connectivity index (χ4v) is 3.90. The van der Waals surface area contributed by atoms with Gasteiger partial charge < -0.3 is 24.4 Å². The first kappa shape index (κ1) is 24.3. The lowest BCUT2D eigenvalue weighted by atomic mass is 10.00. The number of aliphatic imine (C=N–C) groups is 1. The molecule has 1 N–H and O–H groups in total. The lowest BCUT2D eigenvalue weighted by Gasteiger charge is -2.37. The van der Waals surface area contributed by atoms with Crippen molar-refractivity contribution in [2.24, 2.45) is 4.99 Å². The molecule has 0 radical (unpaired) electrons. The predicted molar refractivity (Wildman–Crippen MR) is 133 cm³/mol. The zero-order chi connectivity index (χ0) is 20.8. The van der Waals surface area contributed by atoms with E-state index in [0.29, 0.717) is 6.54 Å². The topological polar surface area (TPSA) is 66.1 Å². The lowest BCUT2D eigenvalue weighted by Crippen LogP contribution is -2.52. The molecule has 3 rings (SSSR count). The van der Waals surface area contributed by atoms with Crippen LogP contribution in [0.25, 0.3) is 0 Å². The third-order valence-corrected chi connectivity index (χ3v) is 5.45.